The SMILES string of the molecule is COc1ccc(C(OC(=O)c2c(C)cc(C)cc2C)c2ccc(OC)cc2)cc1. The van der Waals surface area contributed by atoms with Crippen LogP contribution in [-0.4, -0.2) is 20.2 Å². The lowest BCUT2D eigenvalue weighted by Crippen LogP contribution is -2.15. The number of benzene rings is 3. The van der Waals surface area contributed by atoms with Crippen LogP contribution in [0.1, 0.15) is 44.3 Å². The third-order valence-corrected chi connectivity index (χ3v) is 4.94. The van der Waals surface area contributed by atoms with Crippen LogP contribution < -0.4 is 9.47 Å². The van der Waals surface area contributed by atoms with Crippen LogP contribution in [0.15, 0.2) is 60.7 Å². The van der Waals surface area contributed by atoms with Gasteiger partial charge in [-0.25, -0.2) is 4.79 Å². The molecule has 0 aliphatic heterocycles. The van der Waals surface area contributed by atoms with Crippen molar-refractivity contribution in [2.24, 2.45) is 0 Å². The minimum absolute atomic E-state index is 0.336. The molecule has 0 fully saturated rings. The number of carbonyl (C=O) groups excluding carboxylic acids is 1. The molecular formula is C25H26O4. The van der Waals surface area contributed by atoms with E-state index in [4.69, 9.17) is 14.2 Å². The molecule has 3 aromatic carbocycles. The van der Waals surface area contributed by atoms with Crippen LogP contribution in [0.3, 0.4) is 0 Å². The van der Waals surface area contributed by atoms with Crippen LogP contribution in [0.2, 0.25) is 0 Å². The summed E-state index contributed by atoms with van der Waals surface area (Å²) in [5.41, 5.74) is 5.30. The zero-order chi connectivity index (χ0) is 21.0. The summed E-state index contributed by atoms with van der Waals surface area (Å²) in [6.45, 7) is 5.89. The second-order valence-electron chi connectivity index (χ2n) is 7.11. The van der Waals surface area contributed by atoms with E-state index in [1.165, 1.54) is 0 Å². The first-order chi connectivity index (χ1) is 13.9. The molecule has 0 amide bonds. The van der Waals surface area contributed by atoms with Crippen molar-refractivity contribution in [1.29, 1.82) is 0 Å². The molecule has 0 heterocycles. The van der Waals surface area contributed by atoms with Crippen molar-refractivity contribution >= 4 is 5.97 Å². The van der Waals surface area contributed by atoms with Crippen molar-refractivity contribution < 1.29 is 19.0 Å². The standard InChI is InChI=1S/C25H26O4/c1-16-14-17(2)23(18(3)15-16)25(26)29-24(19-6-10-21(27-4)11-7-19)20-8-12-22(28-5)13-9-20/h6-15,24H,1-5H3. The molecule has 0 aliphatic carbocycles. The maximum Gasteiger partial charge on any atom is 0.339 e. The third-order valence-electron chi connectivity index (χ3n) is 4.94. The van der Waals surface area contributed by atoms with Crippen molar-refractivity contribution in [2.75, 3.05) is 14.2 Å². The fraction of sp³-hybridized carbons (Fsp3) is 0.240. The second-order valence-corrected chi connectivity index (χ2v) is 7.11. The van der Waals surface area contributed by atoms with E-state index < -0.39 is 6.10 Å². The van der Waals surface area contributed by atoms with Gasteiger partial charge in [0.15, 0.2) is 6.10 Å². The van der Waals surface area contributed by atoms with E-state index in [1.807, 2.05) is 81.4 Å². The molecule has 150 valence electrons. The predicted molar refractivity (Wildman–Crippen MR) is 114 cm³/mol. The number of hydrogen-bond donors (Lipinski definition) is 0. The predicted octanol–water partition coefficient (Wildman–Crippen LogP) is 5.58. The number of aryl methyl sites for hydroxylation is 3. The van der Waals surface area contributed by atoms with Crippen molar-refractivity contribution in [3.8, 4) is 11.5 Å². The van der Waals surface area contributed by atoms with Gasteiger partial charge in [-0.05, 0) is 67.3 Å². The van der Waals surface area contributed by atoms with Crippen LogP contribution in [0.4, 0.5) is 0 Å². The minimum atomic E-state index is -0.542. The highest BCUT2D eigenvalue weighted by Crippen LogP contribution is 2.31. The van der Waals surface area contributed by atoms with Crippen LogP contribution in [-0.2, 0) is 4.74 Å². The Kier molecular flexibility index (Phi) is 6.23. The van der Waals surface area contributed by atoms with E-state index >= 15 is 0 Å². The average Bonchev–Trinajstić information content (AvgIpc) is 2.71. The van der Waals surface area contributed by atoms with E-state index in [9.17, 15) is 4.79 Å². The lowest BCUT2D eigenvalue weighted by molar-refractivity contribution is 0.0376. The summed E-state index contributed by atoms with van der Waals surface area (Å²) < 4.78 is 16.5. The number of hydrogen-bond acceptors (Lipinski definition) is 4. The highest BCUT2D eigenvalue weighted by molar-refractivity contribution is 5.93. The Morgan fingerprint density at radius 3 is 1.52 bits per heavy atom. The Hall–Kier alpha value is -3.27. The van der Waals surface area contributed by atoms with Gasteiger partial charge in [0.05, 0.1) is 19.8 Å². The van der Waals surface area contributed by atoms with Gasteiger partial charge in [-0.2, -0.15) is 0 Å². The number of ether oxygens (including phenoxy) is 3. The normalized spacial score (nSPS) is 10.7. The Labute approximate surface area is 172 Å². The molecule has 0 spiro atoms. The van der Waals surface area contributed by atoms with Gasteiger partial charge < -0.3 is 14.2 Å². The van der Waals surface area contributed by atoms with Crippen molar-refractivity contribution in [2.45, 2.75) is 26.9 Å². The fourth-order valence-electron chi connectivity index (χ4n) is 3.55. The fourth-order valence-corrected chi connectivity index (χ4v) is 3.55. The first-order valence-electron chi connectivity index (χ1n) is 9.49. The zero-order valence-electron chi connectivity index (χ0n) is 17.5. The van der Waals surface area contributed by atoms with Gasteiger partial charge >= 0.3 is 5.97 Å². The Morgan fingerprint density at radius 2 is 1.14 bits per heavy atom. The Bertz CT molecular complexity index is 918. The zero-order valence-corrected chi connectivity index (χ0v) is 17.5. The molecule has 0 aliphatic rings. The molecule has 3 rings (SSSR count). The quantitative estimate of drug-likeness (QED) is 0.516. The van der Waals surface area contributed by atoms with Crippen molar-refractivity contribution in [3.63, 3.8) is 0 Å². The molecule has 0 saturated heterocycles. The molecule has 4 nitrogen and oxygen atoms in total. The van der Waals surface area contributed by atoms with E-state index in [0.717, 1.165) is 39.3 Å². The summed E-state index contributed by atoms with van der Waals surface area (Å²) >= 11 is 0. The minimum Gasteiger partial charge on any atom is -0.497 e. The molecule has 0 radical (unpaired) electrons. The number of carbonyl (C=O) groups is 1. The molecule has 3 aromatic rings. The van der Waals surface area contributed by atoms with E-state index in [-0.39, 0.29) is 5.97 Å². The topological polar surface area (TPSA) is 44.8 Å². The monoisotopic (exact) mass is 390 g/mol. The van der Waals surface area contributed by atoms with Crippen LogP contribution in [0, 0.1) is 20.8 Å². The number of esters is 1. The Balaban J connectivity index is 1.99. The van der Waals surface area contributed by atoms with Gasteiger partial charge in [-0.3, -0.25) is 0 Å². The summed E-state index contributed by atoms with van der Waals surface area (Å²) in [6.07, 6.45) is -0.542. The van der Waals surface area contributed by atoms with Gasteiger partial charge in [-0.15, -0.1) is 0 Å². The number of methoxy groups -OCH3 is 2. The second kappa shape index (κ2) is 8.82. The first-order valence-corrected chi connectivity index (χ1v) is 9.49. The smallest absolute Gasteiger partial charge is 0.339 e. The highest BCUT2D eigenvalue weighted by Gasteiger charge is 2.23. The van der Waals surface area contributed by atoms with Gasteiger partial charge in [0.1, 0.15) is 11.5 Å². The summed E-state index contributed by atoms with van der Waals surface area (Å²) in [5.74, 6) is 1.16. The largest absolute Gasteiger partial charge is 0.497 e. The van der Waals surface area contributed by atoms with Crippen LogP contribution in [0.25, 0.3) is 0 Å². The highest BCUT2D eigenvalue weighted by atomic mass is 16.5. The number of rotatable bonds is 6. The summed E-state index contributed by atoms with van der Waals surface area (Å²) in [7, 11) is 3.25. The van der Waals surface area contributed by atoms with Gasteiger partial charge in [0.2, 0.25) is 0 Å². The Morgan fingerprint density at radius 1 is 0.724 bits per heavy atom. The lowest BCUT2D eigenvalue weighted by Gasteiger charge is -2.21. The maximum atomic E-state index is 13.1. The van der Waals surface area contributed by atoms with Crippen LogP contribution >= 0.6 is 0 Å². The molecule has 0 saturated carbocycles. The van der Waals surface area contributed by atoms with E-state index in [1.54, 1.807) is 14.2 Å². The first kappa shape index (κ1) is 20.5. The van der Waals surface area contributed by atoms with Crippen molar-refractivity contribution in [3.05, 3.63) is 94.0 Å². The van der Waals surface area contributed by atoms with Gasteiger partial charge in [0, 0.05) is 0 Å². The molecule has 0 N–H and O–H groups in total. The molecule has 29 heavy (non-hydrogen) atoms. The van der Waals surface area contributed by atoms with E-state index in [0.29, 0.717) is 5.56 Å². The summed E-state index contributed by atoms with van der Waals surface area (Å²) in [5, 5.41) is 0. The lowest BCUT2D eigenvalue weighted by atomic mass is 9.98. The third kappa shape index (κ3) is 4.60. The molecule has 0 aromatic heterocycles. The summed E-state index contributed by atoms with van der Waals surface area (Å²) in [6, 6.07) is 19.1. The molecule has 0 atom stereocenters. The maximum absolute atomic E-state index is 13.1. The molecule has 0 unspecified atom stereocenters. The van der Waals surface area contributed by atoms with Gasteiger partial charge in [0.25, 0.3) is 0 Å². The molecule has 4 heteroatoms. The van der Waals surface area contributed by atoms with E-state index in [2.05, 4.69) is 0 Å². The molecular weight excluding hydrogens is 364 g/mol. The molecule has 0 bridgehead atoms. The van der Waals surface area contributed by atoms with Crippen molar-refractivity contribution in [1.82, 2.24) is 0 Å². The summed E-state index contributed by atoms with van der Waals surface area (Å²) in [4.78, 5) is 13.1. The van der Waals surface area contributed by atoms with Crippen LogP contribution in [0.5, 0.6) is 11.5 Å². The van der Waals surface area contributed by atoms with Gasteiger partial charge in [-0.1, -0.05) is 42.0 Å². The average molecular weight is 390 g/mol.